The third-order valence-electron chi connectivity index (χ3n) is 5.56. The smallest absolute Gasteiger partial charge is 0.475 e. The second kappa shape index (κ2) is 10.8. The summed E-state index contributed by atoms with van der Waals surface area (Å²) < 4.78 is 60.6. The second-order valence-electron chi connectivity index (χ2n) is 7.77. The van der Waals surface area contributed by atoms with Crippen molar-refractivity contribution in [3.63, 3.8) is 0 Å². The fraction of sp³-hybridized carbons (Fsp3) is 0.409. The third-order valence-corrected chi connectivity index (χ3v) is 5.56. The van der Waals surface area contributed by atoms with Crippen LogP contribution in [0.1, 0.15) is 24.1 Å². The Balaban J connectivity index is 0.000000406. The number of benzene rings is 1. The lowest BCUT2D eigenvalue weighted by Crippen LogP contribution is -2.36. The number of ether oxygens (including phenoxy) is 1. The molecule has 1 N–H and O–H groups in total. The predicted molar refractivity (Wildman–Crippen MR) is 109 cm³/mol. The van der Waals surface area contributed by atoms with E-state index in [4.69, 9.17) is 9.90 Å². The van der Waals surface area contributed by atoms with Gasteiger partial charge in [-0.3, -0.25) is 14.7 Å². The van der Waals surface area contributed by atoms with Gasteiger partial charge in [0.05, 0.1) is 5.69 Å². The monoisotopic (exact) mass is 487 g/mol. The molecule has 34 heavy (non-hydrogen) atoms. The van der Waals surface area contributed by atoms with Crippen LogP contribution in [0.25, 0.3) is 0 Å². The molecule has 3 heterocycles. The van der Waals surface area contributed by atoms with E-state index >= 15 is 0 Å². The molecule has 0 saturated carbocycles. The number of carboxylic acids is 1. The van der Waals surface area contributed by atoms with Crippen LogP contribution in [-0.4, -0.2) is 63.2 Å². The Kier molecular flexibility index (Phi) is 8.02. The first-order valence-corrected chi connectivity index (χ1v) is 10.3. The maximum Gasteiger partial charge on any atom is 0.490 e. The van der Waals surface area contributed by atoms with Crippen molar-refractivity contribution in [2.45, 2.75) is 50.8 Å². The average molecular weight is 487 g/mol. The van der Waals surface area contributed by atoms with Crippen LogP contribution in [0.4, 0.5) is 22.0 Å². The summed E-state index contributed by atoms with van der Waals surface area (Å²) in [6.45, 7) is -0.646. The molecule has 0 aliphatic carbocycles. The van der Waals surface area contributed by atoms with E-state index in [0.717, 1.165) is 30.8 Å². The number of nitrogens with zero attached hydrogens (tertiary/aromatic N) is 3. The van der Waals surface area contributed by atoms with Gasteiger partial charge in [-0.15, -0.1) is 0 Å². The van der Waals surface area contributed by atoms with Gasteiger partial charge in [0, 0.05) is 44.3 Å². The number of halogens is 5. The Labute approximate surface area is 191 Å². The Morgan fingerprint density at radius 2 is 1.79 bits per heavy atom. The van der Waals surface area contributed by atoms with E-state index in [1.54, 1.807) is 18.3 Å². The Morgan fingerprint density at radius 1 is 1.12 bits per heavy atom. The van der Waals surface area contributed by atoms with Crippen LogP contribution >= 0.6 is 0 Å². The summed E-state index contributed by atoms with van der Waals surface area (Å²) in [4.78, 5) is 30.1. The predicted octanol–water partition coefficient (Wildman–Crippen LogP) is 3.69. The van der Waals surface area contributed by atoms with E-state index in [1.807, 2.05) is 23.1 Å². The largest absolute Gasteiger partial charge is 0.490 e. The number of aromatic nitrogens is 1. The zero-order chi connectivity index (χ0) is 24.9. The first kappa shape index (κ1) is 25.3. The van der Waals surface area contributed by atoms with Crippen molar-refractivity contribution in [1.82, 2.24) is 14.8 Å². The van der Waals surface area contributed by atoms with Crippen molar-refractivity contribution in [3.05, 3.63) is 59.9 Å². The molecular formula is C22H22F5N3O4. The van der Waals surface area contributed by atoms with Crippen molar-refractivity contribution in [2.24, 2.45) is 0 Å². The summed E-state index contributed by atoms with van der Waals surface area (Å²) in [6.07, 6.45) is -1.84. The summed E-state index contributed by atoms with van der Waals surface area (Å²) in [5, 5.41) is 7.12. The SMILES string of the molecule is O=C(O)C(F)(F)F.O=C1C[C@H]2[C@H](CCN2Cc2ccccn2)N1Cc1ccc(OC(F)F)cc1. The molecule has 2 atom stereocenters. The molecule has 0 unspecified atom stereocenters. The Hall–Kier alpha value is -3.28. The molecule has 12 heteroatoms. The van der Waals surface area contributed by atoms with Gasteiger partial charge in [-0.05, 0) is 36.2 Å². The number of fused-ring (bicyclic) bond motifs is 1. The third kappa shape index (κ3) is 6.62. The topological polar surface area (TPSA) is 83.0 Å². The minimum Gasteiger partial charge on any atom is -0.475 e. The fourth-order valence-corrected chi connectivity index (χ4v) is 4.08. The van der Waals surface area contributed by atoms with Gasteiger partial charge in [0.15, 0.2) is 0 Å². The van der Waals surface area contributed by atoms with E-state index in [2.05, 4.69) is 14.6 Å². The van der Waals surface area contributed by atoms with Gasteiger partial charge in [0.2, 0.25) is 5.91 Å². The molecule has 4 rings (SSSR count). The molecule has 1 aromatic heterocycles. The lowest BCUT2D eigenvalue weighted by Gasteiger charge is -2.25. The molecule has 1 amide bonds. The molecule has 0 radical (unpaired) electrons. The average Bonchev–Trinajstić information content (AvgIpc) is 3.29. The summed E-state index contributed by atoms with van der Waals surface area (Å²) in [5.41, 5.74) is 1.92. The van der Waals surface area contributed by atoms with Crippen LogP contribution in [0.5, 0.6) is 5.75 Å². The zero-order valence-corrected chi connectivity index (χ0v) is 17.8. The minimum atomic E-state index is -5.08. The number of amides is 1. The number of carbonyl (C=O) groups is 2. The molecule has 184 valence electrons. The normalized spacial score (nSPS) is 20.2. The summed E-state index contributed by atoms with van der Waals surface area (Å²) in [5.74, 6) is -2.49. The first-order chi connectivity index (χ1) is 16.0. The minimum absolute atomic E-state index is 0.127. The highest BCUT2D eigenvalue weighted by atomic mass is 19.4. The van der Waals surface area contributed by atoms with E-state index in [-0.39, 0.29) is 23.7 Å². The lowest BCUT2D eigenvalue weighted by molar-refractivity contribution is -0.192. The Morgan fingerprint density at radius 3 is 2.35 bits per heavy atom. The van der Waals surface area contributed by atoms with Gasteiger partial charge in [0.1, 0.15) is 5.75 Å². The standard InChI is InChI=1S/C20H21F2N3O2.C2HF3O2/c21-20(22)27-16-6-4-14(5-7-16)12-25-17-8-10-24(18(17)11-19(25)26)13-15-3-1-2-9-23-15;3-2(4,5)1(6)7/h1-7,9,17-18,20H,8,10-13H2;(H,6,7)/t17-,18-;/m0./s1. The summed E-state index contributed by atoms with van der Waals surface area (Å²) >= 11 is 0. The highest BCUT2D eigenvalue weighted by Gasteiger charge is 2.46. The molecular weight excluding hydrogens is 465 g/mol. The molecule has 1 aromatic carbocycles. The van der Waals surface area contributed by atoms with E-state index in [9.17, 15) is 26.7 Å². The second-order valence-corrected chi connectivity index (χ2v) is 7.77. The van der Waals surface area contributed by atoms with Crippen molar-refractivity contribution in [1.29, 1.82) is 0 Å². The molecule has 0 spiro atoms. The van der Waals surface area contributed by atoms with Crippen LogP contribution in [0.2, 0.25) is 0 Å². The summed E-state index contributed by atoms with van der Waals surface area (Å²) in [7, 11) is 0. The van der Waals surface area contributed by atoms with Crippen LogP contribution in [0.3, 0.4) is 0 Å². The molecule has 2 aliphatic rings. The van der Waals surface area contributed by atoms with Crippen molar-refractivity contribution >= 4 is 11.9 Å². The van der Waals surface area contributed by atoms with E-state index in [1.165, 1.54) is 12.1 Å². The van der Waals surface area contributed by atoms with Crippen molar-refractivity contribution in [2.75, 3.05) is 6.54 Å². The van der Waals surface area contributed by atoms with E-state index in [0.29, 0.717) is 13.0 Å². The van der Waals surface area contributed by atoms with Crippen LogP contribution < -0.4 is 4.74 Å². The maximum atomic E-state index is 12.6. The maximum absolute atomic E-state index is 12.6. The van der Waals surface area contributed by atoms with Gasteiger partial charge in [-0.1, -0.05) is 18.2 Å². The van der Waals surface area contributed by atoms with Crippen molar-refractivity contribution in [3.8, 4) is 5.75 Å². The number of rotatable bonds is 6. The van der Waals surface area contributed by atoms with Gasteiger partial charge < -0.3 is 14.7 Å². The first-order valence-electron chi connectivity index (χ1n) is 10.3. The highest BCUT2D eigenvalue weighted by molar-refractivity contribution is 5.80. The number of carboxylic acid groups (broad SMARTS) is 1. The molecule has 2 saturated heterocycles. The fourth-order valence-electron chi connectivity index (χ4n) is 4.08. The van der Waals surface area contributed by atoms with Crippen molar-refractivity contribution < 1.29 is 41.4 Å². The number of pyridine rings is 1. The zero-order valence-electron chi connectivity index (χ0n) is 17.8. The highest BCUT2D eigenvalue weighted by Crippen LogP contribution is 2.34. The summed E-state index contributed by atoms with van der Waals surface area (Å²) in [6, 6.07) is 12.8. The van der Waals surface area contributed by atoms with Crippen LogP contribution in [0.15, 0.2) is 48.7 Å². The number of alkyl halides is 5. The number of likely N-dealkylation sites (tertiary alicyclic amines) is 2. The molecule has 2 aromatic rings. The number of hydrogen-bond acceptors (Lipinski definition) is 5. The number of carbonyl (C=O) groups excluding carboxylic acids is 1. The van der Waals surface area contributed by atoms with Crippen LogP contribution in [0, 0.1) is 0 Å². The molecule has 7 nitrogen and oxygen atoms in total. The van der Waals surface area contributed by atoms with Gasteiger partial charge >= 0.3 is 18.8 Å². The Bertz CT molecular complexity index is 973. The number of aliphatic carboxylic acids is 1. The quantitative estimate of drug-likeness (QED) is 0.626. The molecule has 2 aliphatic heterocycles. The van der Waals surface area contributed by atoms with E-state index < -0.39 is 18.8 Å². The molecule has 2 fully saturated rings. The lowest BCUT2D eigenvalue weighted by atomic mass is 10.1. The van der Waals surface area contributed by atoms with Crippen LogP contribution in [-0.2, 0) is 22.7 Å². The van der Waals surface area contributed by atoms with Gasteiger partial charge in [0.25, 0.3) is 0 Å². The number of hydrogen-bond donors (Lipinski definition) is 1. The molecule has 0 bridgehead atoms. The van der Waals surface area contributed by atoms with Gasteiger partial charge in [-0.2, -0.15) is 22.0 Å². The van der Waals surface area contributed by atoms with Gasteiger partial charge in [-0.25, -0.2) is 4.79 Å².